The van der Waals surface area contributed by atoms with Crippen molar-refractivity contribution in [2.24, 2.45) is 0 Å². The van der Waals surface area contributed by atoms with Gasteiger partial charge in [0, 0.05) is 10.7 Å². The van der Waals surface area contributed by atoms with E-state index in [1.54, 1.807) is 6.07 Å². The third-order valence-corrected chi connectivity index (χ3v) is 3.58. The van der Waals surface area contributed by atoms with Gasteiger partial charge in [-0.15, -0.1) is 0 Å². The molecule has 0 fully saturated rings. The fourth-order valence-electron chi connectivity index (χ4n) is 1.95. The smallest absolute Gasteiger partial charge is 0.260 e. The van der Waals surface area contributed by atoms with Crippen molar-refractivity contribution in [1.82, 2.24) is 10.3 Å². The third-order valence-electron chi connectivity index (χ3n) is 3.05. The number of aromatic amines is 1. The molecule has 1 aromatic carbocycles. The maximum atomic E-state index is 12.1. The number of H-pyrrole nitrogens is 1. The van der Waals surface area contributed by atoms with Gasteiger partial charge >= 0.3 is 0 Å². The number of rotatable bonds is 4. The monoisotopic (exact) mass is 334 g/mol. The molecule has 1 unspecified atom stereocenters. The lowest BCUT2D eigenvalue weighted by Gasteiger charge is -2.17. The van der Waals surface area contributed by atoms with Crippen molar-refractivity contribution in [3.05, 3.63) is 68.5 Å². The molecular formula is C15H15BrN2O2. The van der Waals surface area contributed by atoms with E-state index < -0.39 is 0 Å². The van der Waals surface area contributed by atoms with Crippen LogP contribution in [-0.4, -0.2) is 10.9 Å². The molecule has 20 heavy (non-hydrogen) atoms. The van der Waals surface area contributed by atoms with Crippen LogP contribution in [0.3, 0.4) is 0 Å². The summed E-state index contributed by atoms with van der Waals surface area (Å²) in [6.45, 7) is 1.99. The Bertz CT molecular complexity index is 649. The molecule has 0 aliphatic rings. The Morgan fingerprint density at radius 2 is 2.00 bits per heavy atom. The summed E-state index contributed by atoms with van der Waals surface area (Å²) in [4.78, 5) is 26.2. The molecule has 5 heteroatoms. The van der Waals surface area contributed by atoms with Crippen molar-refractivity contribution in [3.8, 4) is 0 Å². The Kier molecular flexibility index (Phi) is 4.74. The van der Waals surface area contributed by atoms with Gasteiger partial charge in [0.05, 0.1) is 6.04 Å². The van der Waals surface area contributed by atoms with E-state index in [-0.39, 0.29) is 23.1 Å². The fourth-order valence-corrected chi connectivity index (χ4v) is 2.22. The van der Waals surface area contributed by atoms with Gasteiger partial charge in [-0.25, -0.2) is 0 Å². The van der Waals surface area contributed by atoms with Crippen LogP contribution < -0.4 is 10.9 Å². The molecule has 2 aromatic rings. The predicted molar refractivity (Wildman–Crippen MR) is 81.7 cm³/mol. The van der Waals surface area contributed by atoms with Gasteiger partial charge in [-0.1, -0.05) is 35.0 Å². The zero-order valence-electron chi connectivity index (χ0n) is 11.0. The van der Waals surface area contributed by atoms with Crippen LogP contribution in [0.1, 0.15) is 35.3 Å². The van der Waals surface area contributed by atoms with Crippen LogP contribution in [0.2, 0.25) is 0 Å². The average Bonchev–Trinajstić information content (AvgIpc) is 2.46. The second kappa shape index (κ2) is 6.52. The largest absolute Gasteiger partial charge is 0.345 e. The lowest BCUT2D eigenvalue weighted by atomic mass is 10.0. The van der Waals surface area contributed by atoms with E-state index in [2.05, 4.69) is 26.2 Å². The summed E-state index contributed by atoms with van der Waals surface area (Å²) in [6.07, 6.45) is 2.25. The van der Waals surface area contributed by atoms with Gasteiger partial charge < -0.3 is 10.3 Å². The van der Waals surface area contributed by atoms with Crippen LogP contribution in [0.4, 0.5) is 0 Å². The van der Waals surface area contributed by atoms with Gasteiger partial charge in [0.15, 0.2) is 0 Å². The molecule has 2 rings (SSSR count). The molecule has 0 aliphatic heterocycles. The van der Waals surface area contributed by atoms with Crippen molar-refractivity contribution in [1.29, 1.82) is 0 Å². The zero-order chi connectivity index (χ0) is 14.5. The number of carbonyl (C=O) groups is 1. The number of amides is 1. The molecule has 104 valence electrons. The number of halogens is 1. The van der Waals surface area contributed by atoms with Crippen molar-refractivity contribution < 1.29 is 4.79 Å². The molecule has 0 spiro atoms. The highest BCUT2D eigenvalue weighted by Gasteiger charge is 2.15. The average molecular weight is 335 g/mol. The third kappa shape index (κ3) is 3.36. The summed E-state index contributed by atoms with van der Waals surface area (Å²) >= 11 is 3.38. The minimum absolute atomic E-state index is 0.116. The molecule has 0 saturated heterocycles. The van der Waals surface area contributed by atoms with Gasteiger partial charge in [0.1, 0.15) is 5.56 Å². The Balaban J connectivity index is 2.18. The van der Waals surface area contributed by atoms with Gasteiger partial charge in [0.2, 0.25) is 0 Å². The summed E-state index contributed by atoms with van der Waals surface area (Å²) in [6, 6.07) is 10.8. The van der Waals surface area contributed by atoms with Crippen LogP contribution in [0.5, 0.6) is 0 Å². The second-order valence-electron chi connectivity index (χ2n) is 4.40. The number of pyridine rings is 1. The Morgan fingerprint density at radius 1 is 1.30 bits per heavy atom. The Morgan fingerprint density at radius 3 is 2.60 bits per heavy atom. The van der Waals surface area contributed by atoms with Crippen LogP contribution in [-0.2, 0) is 0 Å². The number of benzene rings is 1. The molecule has 1 atom stereocenters. The molecule has 1 aromatic heterocycles. The summed E-state index contributed by atoms with van der Waals surface area (Å²) in [7, 11) is 0. The van der Waals surface area contributed by atoms with Crippen LogP contribution in [0.25, 0.3) is 0 Å². The maximum absolute atomic E-state index is 12.1. The van der Waals surface area contributed by atoms with Crippen molar-refractivity contribution >= 4 is 21.8 Å². The lowest BCUT2D eigenvalue weighted by molar-refractivity contribution is 0.0934. The molecule has 0 bridgehead atoms. The van der Waals surface area contributed by atoms with Crippen molar-refractivity contribution in [3.63, 3.8) is 0 Å². The maximum Gasteiger partial charge on any atom is 0.260 e. The second-order valence-corrected chi connectivity index (χ2v) is 5.31. The fraction of sp³-hybridized carbons (Fsp3) is 0.200. The minimum atomic E-state index is -0.379. The van der Waals surface area contributed by atoms with Gasteiger partial charge in [-0.3, -0.25) is 9.59 Å². The van der Waals surface area contributed by atoms with Crippen LogP contribution in [0, 0.1) is 0 Å². The molecule has 1 amide bonds. The predicted octanol–water partition coefficient (Wildman–Crippen LogP) is 3.02. The summed E-state index contributed by atoms with van der Waals surface area (Å²) in [5.41, 5.74) is 0.759. The zero-order valence-corrected chi connectivity index (χ0v) is 12.6. The molecule has 0 saturated carbocycles. The van der Waals surface area contributed by atoms with E-state index in [9.17, 15) is 9.59 Å². The van der Waals surface area contributed by atoms with Crippen LogP contribution >= 0.6 is 15.9 Å². The number of hydrogen-bond acceptors (Lipinski definition) is 2. The number of nitrogens with one attached hydrogen (secondary N) is 2. The minimum Gasteiger partial charge on any atom is -0.345 e. The van der Waals surface area contributed by atoms with E-state index in [0.717, 1.165) is 16.5 Å². The SMILES string of the molecule is CCC(NC(=O)c1ccc[nH]c1=O)c1ccc(Br)cc1. The first-order valence-corrected chi connectivity index (χ1v) is 7.15. The molecule has 0 radical (unpaired) electrons. The first kappa shape index (κ1) is 14.5. The number of hydrogen-bond donors (Lipinski definition) is 2. The lowest BCUT2D eigenvalue weighted by Crippen LogP contribution is -2.32. The van der Waals surface area contributed by atoms with E-state index in [1.165, 1.54) is 12.3 Å². The van der Waals surface area contributed by atoms with Gasteiger partial charge in [0.25, 0.3) is 11.5 Å². The Labute approximate surface area is 125 Å². The first-order valence-electron chi connectivity index (χ1n) is 6.36. The standard InChI is InChI=1S/C15H15BrN2O2/c1-2-13(10-5-7-11(16)8-6-10)18-15(20)12-4-3-9-17-14(12)19/h3-9,13H,2H2,1H3,(H,17,19)(H,18,20). The molecular weight excluding hydrogens is 320 g/mol. The highest BCUT2D eigenvalue weighted by molar-refractivity contribution is 9.10. The summed E-state index contributed by atoms with van der Waals surface area (Å²) in [5, 5.41) is 2.89. The van der Waals surface area contributed by atoms with E-state index in [0.29, 0.717) is 0 Å². The van der Waals surface area contributed by atoms with E-state index in [1.807, 2.05) is 31.2 Å². The topological polar surface area (TPSA) is 62.0 Å². The normalized spacial score (nSPS) is 11.9. The van der Waals surface area contributed by atoms with Gasteiger partial charge in [-0.05, 0) is 36.2 Å². The molecule has 1 heterocycles. The number of aromatic nitrogens is 1. The highest BCUT2D eigenvalue weighted by Crippen LogP contribution is 2.19. The van der Waals surface area contributed by atoms with E-state index in [4.69, 9.17) is 0 Å². The number of carbonyl (C=O) groups excluding carboxylic acids is 1. The van der Waals surface area contributed by atoms with Crippen molar-refractivity contribution in [2.45, 2.75) is 19.4 Å². The molecule has 2 N–H and O–H groups in total. The Hall–Kier alpha value is -1.88. The summed E-state index contributed by atoms with van der Waals surface area (Å²) in [5.74, 6) is -0.360. The first-order chi connectivity index (χ1) is 9.61. The van der Waals surface area contributed by atoms with Crippen molar-refractivity contribution in [2.75, 3.05) is 0 Å². The van der Waals surface area contributed by atoms with Crippen LogP contribution in [0.15, 0.2) is 51.9 Å². The molecule has 0 aliphatic carbocycles. The molecule has 4 nitrogen and oxygen atoms in total. The summed E-state index contributed by atoms with van der Waals surface area (Å²) < 4.78 is 0.988. The van der Waals surface area contributed by atoms with Gasteiger partial charge in [-0.2, -0.15) is 0 Å². The quantitative estimate of drug-likeness (QED) is 0.902. The van der Waals surface area contributed by atoms with E-state index >= 15 is 0 Å². The highest BCUT2D eigenvalue weighted by atomic mass is 79.9.